The van der Waals surface area contributed by atoms with Gasteiger partial charge in [-0.15, -0.1) is 0 Å². The lowest BCUT2D eigenvalue weighted by atomic mass is 9.76. The molecular formula is C21H21NO3. The Morgan fingerprint density at radius 1 is 0.840 bits per heavy atom. The zero-order chi connectivity index (χ0) is 17.4. The lowest BCUT2D eigenvalue weighted by Crippen LogP contribution is -2.30. The minimum Gasteiger partial charge on any atom is -0.457 e. The Balaban J connectivity index is 1.54. The first kappa shape index (κ1) is 15.9. The quantitative estimate of drug-likeness (QED) is 0.781. The second-order valence-electron chi connectivity index (χ2n) is 7.05. The second-order valence-corrected chi connectivity index (χ2v) is 7.05. The molecule has 0 bridgehead atoms. The highest BCUT2D eigenvalue weighted by Crippen LogP contribution is 2.42. The number of amides is 2. The van der Waals surface area contributed by atoms with Crippen molar-refractivity contribution in [3.05, 3.63) is 54.6 Å². The number of rotatable bonds is 3. The Hall–Kier alpha value is -2.62. The minimum atomic E-state index is -0.142. The predicted molar refractivity (Wildman–Crippen MR) is 95.4 cm³/mol. The summed E-state index contributed by atoms with van der Waals surface area (Å²) in [5.74, 6) is 1.58. The van der Waals surface area contributed by atoms with Crippen molar-refractivity contribution in [2.24, 2.45) is 17.8 Å². The van der Waals surface area contributed by atoms with Crippen LogP contribution in [0.4, 0.5) is 5.69 Å². The first-order chi connectivity index (χ1) is 12.1. The number of ether oxygens (including phenoxy) is 1. The summed E-state index contributed by atoms with van der Waals surface area (Å²) >= 11 is 0. The summed E-state index contributed by atoms with van der Waals surface area (Å²) in [7, 11) is 0. The van der Waals surface area contributed by atoms with E-state index in [0.29, 0.717) is 17.4 Å². The summed E-state index contributed by atoms with van der Waals surface area (Å²) in [5, 5.41) is 0. The number of nitrogens with zero attached hydrogens (tertiary/aromatic N) is 1. The van der Waals surface area contributed by atoms with Gasteiger partial charge in [0.1, 0.15) is 11.5 Å². The van der Waals surface area contributed by atoms with Gasteiger partial charge in [-0.2, -0.15) is 0 Å². The van der Waals surface area contributed by atoms with Gasteiger partial charge in [0.15, 0.2) is 0 Å². The van der Waals surface area contributed by atoms with Gasteiger partial charge in [0.05, 0.1) is 17.5 Å². The van der Waals surface area contributed by atoms with E-state index in [9.17, 15) is 9.59 Å². The van der Waals surface area contributed by atoms with Crippen LogP contribution >= 0.6 is 0 Å². The van der Waals surface area contributed by atoms with Crippen LogP contribution in [0.5, 0.6) is 11.5 Å². The SMILES string of the molecule is C[C@@H]1CC[C@@H]2C(=O)N(c3ccc(Oc4ccccc4)cc3)C(=O)[C@@H]2C1. The van der Waals surface area contributed by atoms with Gasteiger partial charge in [0, 0.05) is 0 Å². The Morgan fingerprint density at radius 2 is 1.48 bits per heavy atom. The van der Waals surface area contributed by atoms with E-state index in [1.165, 1.54) is 4.90 Å². The number of benzene rings is 2. The summed E-state index contributed by atoms with van der Waals surface area (Å²) in [6, 6.07) is 16.7. The molecular weight excluding hydrogens is 314 g/mol. The van der Waals surface area contributed by atoms with Gasteiger partial charge in [-0.1, -0.05) is 25.1 Å². The molecule has 25 heavy (non-hydrogen) atoms. The van der Waals surface area contributed by atoms with Crippen molar-refractivity contribution >= 4 is 17.5 Å². The van der Waals surface area contributed by atoms with E-state index >= 15 is 0 Å². The largest absolute Gasteiger partial charge is 0.457 e. The number of hydrogen-bond acceptors (Lipinski definition) is 3. The third kappa shape index (κ3) is 2.93. The van der Waals surface area contributed by atoms with E-state index in [-0.39, 0.29) is 23.7 Å². The molecule has 3 atom stereocenters. The molecule has 2 amide bonds. The maximum absolute atomic E-state index is 12.7. The van der Waals surface area contributed by atoms with E-state index < -0.39 is 0 Å². The highest BCUT2D eigenvalue weighted by Gasteiger charge is 2.49. The molecule has 4 heteroatoms. The molecule has 2 aromatic carbocycles. The van der Waals surface area contributed by atoms with Crippen LogP contribution in [0.1, 0.15) is 26.2 Å². The van der Waals surface area contributed by atoms with E-state index in [4.69, 9.17) is 4.74 Å². The zero-order valence-electron chi connectivity index (χ0n) is 14.2. The Labute approximate surface area is 147 Å². The van der Waals surface area contributed by atoms with Crippen molar-refractivity contribution in [3.8, 4) is 11.5 Å². The predicted octanol–water partition coefficient (Wildman–Crippen LogP) is 4.40. The first-order valence-electron chi connectivity index (χ1n) is 8.84. The molecule has 1 aliphatic carbocycles. The van der Waals surface area contributed by atoms with Crippen molar-refractivity contribution in [3.63, 3.8) is 0 Å². The molecule has 1 saturated carbocycles. The molecule has 2 aromatic rings. The molecule has 0 spiro atoms. The van der Waals surface area contributed by atoms with Gasteiger partial charge >= 0.3 is 0 Å². The van der Waals surface area contributed by atoms with E-state index in [1.807, 2.05) is 30.3 Å². The maximum atomic E-state index is 12.7. The van der Waals surface area contributed by atoms with E-state index in [0.717, 1.165) is 25.0 Å². The number of fused-ring (bicyclic) bond motifs is 1. The fourth-order valence-corrected chi connectivity index (χ4v) is 3.93. The molecule has 1 heterocycles. The van der Waals surface area contributed by atoms with Gasteiger partial charge in [-0.05, 0) is 61.6 Å². The first-order valence-corrected chi connectivity index (χ1v) is 8.84. The Bertz CT molecular complexity index is 785. The van der Waals surface area contributed by atoms with Crippen molar-refractivity contribution in [1.82, 2.24) is 0 Å². The van der Waals surface area contributed by atoms with Crippen molar-refractivity contribution in [2.75, 3.05) is 4.90 Å². The van der Waals surface area contributed by atoms with Gasteiger partial charge < -0.3 is 4.74 Å². The smallest absolute Gasteiger partial charge is 0.237 e. The lowest BCUT2D eigenvalue weighted by molar-refractivity contribution is -0.122. The Morgan fingerprint density at radius 3 is 2.20 bits per heavy atom. The number of anilines is 1. The highest BCUT2D eigenvalue weighted by atomic mass is 16.5. The van der Waals surface area contributed by atoms with Crippen LogP contribution in [-0.4, -0.2) is 11.8 Å². The number of imide groups is 1. The van der Waals surface area contributed by atoms with Crippen LogP contribution in [0.25, 0.3) is 0 Å². The number of carbonyl (C=O) groups is 2. The van der Waals surface area contributed by atoms with E-state index in [1.54, 1.807) is 24.3 Å². The second kappa shape index (κ2) is 6.36. The van der Waals surface area contributed by atoms with Crippen molar-refractivity contribution in [2.45, 2.75) is 26.2 Å². The summed E-state index contributed by atoms with van der Waals surface area (Å²) < 4.78 is 5.77. The number of hydrogen-bond donors (Lipinski definition) is 0. The van der Waals surface area contributed by atoms with Crippen LogP contribution in [0.3, 0.4) is 0 Å². The molecule has 0 radical (unpaired) electrons. The minimum absolute atomic E-state index is 0.0429. The molecule has 1 saturated heterocycles. The molecule has 4 rings (SSSR count). The molecule has 0 N–H and O–H groups in total. The van der Waals surface area contributed by atoms with Gasteiger partial charge in [0.25, 0.3) is 0 Å². The number of carbonyl (C=O) groups excluding carboxylic acids is 2. The van der Waals surface area contributed by atoms with Crippen molar-refractivity contribution < 1.29 is 14.3 Å². The van der Waals surface area contributed by atoms with Gasteiger partial charge in [0.2, 0.25) is 11.8 Å². The standard InChI is InChI=1S/C21H21NO3/c1-14-7-12-18-19(13-14)21(24)22(20(18)23)15-8-10-17(11-9-15)25-16-5-3-2-4-6-16/h2-6,8-11,14,18-19H,7,12-13H2,1H3/t14-,18+,19-/m1/s1. The van der Waals surface area contributed by atoms with Crippen molar-refractivity contribution in [1.29, 1.82) is 0 Å². The van der Waals surface area contributed by atoms with Gasteiger partial charge in [-0.3, -0.25) is 14.5 Å². The average Bonchev–Trinajstić information content (AvgIpc) is 2.87. The molecule has 128 valence electrons. The van der Waals surface area contributed by atoms with Crippen LogP contribution in [0, 0.1) is 17.8 Å². The summed E-state index contributed by atoms with van der Waals surface area (Å²) in [4.78, 5) is 26.8. The average molecular weight is 335 g/mol. The lowest BCUT2D eigenvalue weighted by Gasteiger charge is -2.25. The van der Waals surface area contributed by atoms with E-state index in [2.05, 4.69) is 6.92 Å². The topological polar surface area (TPSA) is 46.6 Å². The third-order valence-corrected chi connectivity index (χ3v) is 5.26. The number of para-hydroxylation sites is 1. The molecule has 0 unspecified atom stereocenters. The van der Waals surface area contributed by atoms with Crippen LogP contribution in [0.15, 0.2) is 54.6 Å². The molecule has 2 aliphatic rings. The molecule has 2 fully saturated rings. The molecule has 0 aromatic heterocycles. The monoisotopic (exact) mass is 335 g/mol. The third-order valence-electron chi connectivity index (χ3n) is 5.26. The fourth-order valence-electron chi connectivity index (χ4n) is 3.93. The van der Waals surface area contributed by atoms with Crippen LogP contribution in [0.2, 0.25) is 0 Å². The van der Waals surface area contributed by atoms with Crippen LogP contribution in [-0.2, 0) is 9.59 Å². The normalized spacial score (nSPS) is 25.8. The summed E-state index contributed by atoms with van der Waals surface area (Å²) in [5.41, 5.74) is 0.637. The highest BCUT2D eigenvalue weighted by molar-refractivity contribution is 6.22. The summed E-state index contributed by atoms with van der Waals surface area (Å²) in [6.07, 6.45) is 2.67. The zero-order valence-corrected chi connectivity index (χ0v) is 14.2. The molecule has 4 nitrogen and oxygen atoms in total. The Kier molecular flexibility index (Phi) is 4.04. The molecule has 1 aliphatic heterocycles. The summed E-state index contributed by atoms with van der Waals surface area (Å²) in [6.45, 7) is 2.16. The maximum Gasteiger partial charge on any atom is 0.237 e. The fraction of sp³-hybridized carbons (Fsp3) is 0.333. The van der Waals surface area contributed by atoms with Gasteiger partial charge in [-0.25, -0.2) is 0 Å². The van der Waals surface area contributed by atoms with Crippen LogP contribution < -0.4 is 9.64 Å².